The van der Waals surface area contributed by atoms with Crippen LogP contribution in [-0.2, 0) is 9.59 Å². The van der Waals surface area contributed by atoms with Gasteiger partial charge in [-0.2, -0.15) is 5.11 Å². The molecule has 0 heterocycles. The van der Waals surface area contributed by atoms with Crippen molar-refractivity contribution < 1.29 is 19.6 Å². The summed E-state index contributed by atoms with van der Waals surface area (Å²) in [6, 6.07) is 19.3. The smallest absolute Gasteiger partial charge is 0.298 e. The first-order valence-corrected chi connectivity index (χ1v) is 9.49. The lowest BCUT2D eigenvalue weighted by Gasteiger charge is -2.07. The van der Waals surface area contributed by atoms with Crippen LogP contribution in [-0.4, -0.2) is 21.7 Å². The molecular weight excluding hydrogens is 436 g/mol. The van der Waals surface area contributed by atoms with Crippen molar-refractivity contribution in [2.45, 2.75) is 0 Å². The summed E-state index contributed by atoms with van der Waals surface area (Å²) in [6.45, 7) is 0. The molecule has 0 unspecified atom stereocenters. The van der Waals surface area contributed by atoms with Crippen molar-refractivity contribution in [3.8, 4) is 0 Å². The number of nitrogens with zero attached hydrogens (tertiary/aromatic N) is 3. The van der Waals surface area contributed by atoms with Crippen molar-refractivity contribution >= 4 is 46.1 Å². The third-order valence-electron chi connectivity index (χ3n) is 4.12. The molecule has 160 valence electrons. The number of Topliss-reactive ketones (excluding diaryl/α,β-unsaturated/α-hetero) is 1. The Morgan fingerprint density at radius 2 is 1.56 bits per heavy atom. The second kappa shape index (κ2) is 10.1. The molecule has 0 radical (unpaired) electrons. The predicted molar refractivity (Wildman–Crippen MR) is 119 cm³/mol. The van der Waals surface area contributed by atoms with Gasteiger partial charge < -0.3 is 10.4 Å². The number of benzene rings is 3. The minimum absolute atomic E-state index is 0.152. The molecule has 1 amide bonds. The normalized spacial score (nSPS) is 11.7. The number of halogens is 1. The maximum atomic E-state index is 12.8. The number of carbonyl (C=O) groups excluding carboxylic acids is 2. The molecule has 10 heteroatoms. The van der Waals surface area contributed by atoms with Gasteiger partial charge in [-0.05, 0) is 48.5 Å². The molecule has 0 aliphatic heterocycles. The molecule has 32 heavy (non-hydrogen) atoms. The SMILES string of the molecule is O=C(Nc1ccc([N+](=O)[O-])cc1)C(=O)C(N=Nc1ccccc1)=C(O)c1ccc(Cl)cc1. The van der Waals surface area contributed by atoms with Crippen LogP contribution in [0.3, 0.4) is 0 Å². The molecule has 0 saturated carbocycles. The number of non-ortho nitro benzene ring substituents is 1. The summed E-state index contributed by atoms with van der Waals surface area (Å²) in [5, 5.41) is 31.9. The number of carbonyl (C=O) groups is 2. The number of nitrogens with one attached hydrogen (secondary N) is 1. The van der Waals surface area contributed by atoms with Gasteiger partial charge in [0.15, 0.2) is 11.5 Å². The summed E-state index contributed by atoms with van der Waals surface area (Å²) in [7, 11) is 0. The van der Waals surface area contributed by atoms with E-state index < -0.39 is 28.1 Å². The maximum Gasteiger partial charge on any atom is 0.298 e. The van der Waals surface area contributed by atoms with Crippen LogP contribution in [0.15, 0.2) is 94.8 Å². The molecule has 0 bridgehead atoms. The minimum atomic E-state index is -1.16. The lowest BCUT2D eigenvalue weighted by Crippen LogP contribution is -2.24. The van der Waals surface area contributed by atoms with Gasteiger partial charge in [0.05, 0.1) is 10.6 Å². The number of azo groups is 1. The summed E-state index contributed by atoms with van der Waals surface area (Å²) in [5.41, 5.74) is -0.00722. The van der Waals surface area contributed by atoms with Crippen molar-refractivity contribution in [3.63, 3.8) is 0 Å². The van der Waals surface area contributed by atoms with Crippen molar-refractivity contribution in [2.75, 3.05) is 5.32 Å². The van der Waals surface area contributed by atoms with E-state index in [1.165, 1.54) is 48.5 Å². The summed E-state index contributed by atoms with van der Waals surface area (Å²) >= 11 is 5.86. The van der Waals surface area contributed by atoms with E-state index in [1.54, 1.807) is 30.3 Å². The molecule has 3 aromatic carbocycles. The van der Waals surface area contributed by atoms with Crippen LogP contribution in [0.2, 0.25) is 5.02 Å². The number of nitro groups is 1. The first-order valence-electron chi connectivity index (χ1n) is 9.11. The van der Waals surface area contributed by atoms with E-state index in [9.17, 15) is 24.8 Å². The van der Waals surface area contributed by atoms with Gasteiger partial charge in [0, 0.05) is 28.4 Å². The molecule has 9 nitrogen and oxygen atoms in total. The lowest BCUT2D eigenvalue weighted by atomic mass is 10.1. The molecule has 3 aromatic rings. The Labute approximate surface area is 186 Å². The van der Waals surface area contributed by atoms with Crippen molar-refractivity contribution in [1.82, 2.24) is 0 Å². The molecule has 0 spiro atoms. The molecule has 0 aromatic heterocycles. The Morgan fingerprint density at radius 3 is 2.16 bits per heavy atom. The Hall–Kier alpha value is -4.37. The molecule has 3 rings (SSSR count). The fraction of sp³-hybridized carbons (Fsp3) is 0. The first-order chi connectivity index (χ1) is 15.3. The van der Waals surface area contributed by atoms with Gasteiger partial charge >= 0.3 is 0 Å². The van der Waals surface area contributed by atoms with Gasteiger partial charge in [-0.1, -0.05) is 29.8 Å². The standard InChI is InChI=1S/C22H15ClN4O5/c23-15-8-6-14(7-9-15)20(28)19(26-25-17-4-2-1-3-5-17)21(29)22(30)24-16-10-12-18(13-11-16)27(31)32/h1-13,28H,(H,24,30). The third kappa shape index (κ3) is 5.61. The summed E-state index contributed by atoms with van der Waals surface area (Å²) in [5.74, 6) is -2.83. The monoisotopic (exact) mass is 450 g/mol. The Bertz CT molecular complexity index is 1210. The van der Waals surface area contributed by atoms with Crippen LogP contribution in [0.5, 0.6) is 0 Å². The number of aliphatic hydroxyl groups excluding tert-OH is 1. The van der Waals surface area contributed by atoms with Crippen molar-refractivity contribution in [3.05, 3.63) is 105 Å². The highest BCUT2D eigenvalue weighted by Crippen LogP contribution is 2.23. The molecule has 0 aliphatic rings. The fourth-order valence-electron chi connectivity index (χ4n) is 2.51. The van der Waals surface area contributed by atoms with Crippen LogP contribution in [0.4, 0.5) is 17.1 Å². The van der Waals surface area contributed by atoms with Crippen LogP contribution < -0.4 is 5.32 Å². The van der Waals surface area contributed by atoms with Crippen LogP contribution in [0.25, 0.3) is 5.76 Å². The van der Waals surface area contributed by atoms with E-state index in [1.807, 2.05) is 0 Å². The number of amides is 1. The van der Waals surface area contributed by atoms with Crippen LogP contribution >= 0.6 is 11.6 Å². The summed E-state index contributed by atoms with van der Waals surface area (Å²) in [4.78, 5) is 35.5. The zero-order valence-electron chi connectivity index (χ0n) is 16.3. The van der Waals surface area contributed by atoms with Gasteiger partial charge in [-0.25, -0.2) is 0 Å². The van der Waals surface area contributed by atoms with Crippen LogP contribution in [0, 0.1) is 10.1 Å². The van der Waals surface area contributed by atoms with E-state index >= 15 is 0 Å². The zero-order valence-corrected chi connectivity index (χ0v) is 17.1. The maximum absolute atomic E-state index is 12.8. The Kier molecular flexibility index (Phi) is 7.04. The quantitative estimate of drug-likeness (QED) is 0.123. The molecular formula is C22H15ClN4O5. The van der Waals surface area contributed by atoms with E-state index in [2.05, 4.69) is 15.5 Å². The second-order valence-electron chi connectivity index (χ2n) is 6.33. The second-order valence-corrected chi connectivity index (χ2v) is 6.76. The number of anilines is 1. The number of nitro benzene ring substituents is 1. The summed E-state index contributed by atoms with van der Waals surface area (Å²) < 4.78 is 0. The fourth-order valence-corrected chi connectivity index (χ4v) is 2.64. The first kappa shape index (κ1) is 22.3. The molecule has 0 saturated heterocycles. The number of aliphatic hydroxyl groups is 1. The Balaban J connectivity index is 1.92. The predicted octanol–water partition coefficient (Wildman–Crippen LogP) is 5.47. The van der Waals surface area contributed by atoms with Gasteiger partial charge in [-0.3, -0.25) is 19.7 Å². The largest absolute Gasteiger partial charge is 0.505 e. The van der Waals surface area contributed by atoms with E-state index in [-0.39, 0.29) is 16.9 Å². The van der Waals surface area contributed by atoms with Gasteiger partial charge in [0.2, 0.25) is 0 Å². The topological polar surface area (TPSA) is 134 Å². The highest BCUT2D eigenvalue weighted by molar-refractivity contribution is 6.47. The van der Waals surface area contributed by atoms with E-state index in [0.29, 0.717) is 10.7 Å². The number of hydrogen-bond acceptors (Lipinski definition) is 7. The van der Waals surface area contributed by atoms with Gasteiger partial charge in [-0.15, -0.1) is 5.11 Å². The molecule has 2 N–H and O–H groups in total. The molecule has 0 atom stereocenters. The zero-order chi connectivity index (χ0) is 23.1. The van der Waals surface area contributed by atoms with Crippen molar-refractivity contribution in [1.29, 1.82) is 0 Å². The number of rotatable bonds is 7. The molecule has 0 fully saturated rings. The van der Waals surface area contributed by atoms with Gasteiger partial charge in [0.1, 0.15) is 0 Å². The van der Waals surface area contributed by atoms with Crippen molar-refractivity contribution in [2.24, 2.45) is 10.2 Å². The molecule has 0 aliphatic carbocycles. The highest BCUT2D eigenvalue weighted by atomic mass is 35.5. The Morgan fingerprint density at radius 1 is 0.938 bits per heavy atom. The number of hydrogen-bond donors (Lipinski definition) is 2. The van der Waals surface area contributed by atoms with Gasteiger partial charge in [0.25, 0.3) is 17.4 Å². The van der Waals surface area contributed by atoms with Crippen LogP contribution in [0.1, 0.15) is 5.56 Å². The lowest BCUT2D eigenvalue weighted by molar-refractivity contribution is -0.384. The summed E-state index contributed by atoms with van der Waals surface area (Å²) in [6.07, 6.45) is 0. The highest BCUT2D eigenvalue weighted by Gasteiger charge is 2.24. The average Bonchev–Trinajstić information content (AvgIpc) is 2.80. The average molecular weight is 451 g/mol. The minimum Gasteiger partial charge on any atom is -0.505 e. The van der Waals surface area contributed by atoms with E-state index in [0.717, 1.165) is 0 Å². The number of ketones is 1. The third-order valence-corrected chi connectivity index (χ3v) is 4.37. The van der Waals surface area contributed by atoms with E-state index in [4.69, 9.17) is 11.6 Å².